The van der Waals surface area contributed by atoms with Gasteiger partial charge < -0.3 is 0 Å². The summed E-state index contributed by atoms with van der Waals surface area (Å²) < 4.78 is 0. The predicted molar refractivity (Wildman–Crippen MR) is 58.1 cm³/mol. The van der Waals surface area contributed by atoms with Gasteiger partial charge in [0.2, 0.25) is 0 Å². The Morgan fingerprint density at radius 2 is 2.00 bits per heavy atom. The van der Waals surface area contributed by atoms with Crippen molar-refractivity contribution in [2.24, 2.45) is 5.41 Å². The molecule has 1 aliphatic heterocycles. The van der Waals surface area contributed by atoms with Crippen LogP contribution < -0.4 is 0 Å². The first kappa shape index (κ1) is 11.8. The van der Waals surface area contributed by atoms with E-state index in [1.807, 2.05) is 0 Å². The lowest BCUT2D eigenvalue weighted by Gasteiger charge is -2.21. The molecule has 0 spiro atoms. The molecule has 0 aromatic carbocycles. The number of carbonyl (C=O) groups is 2. The molecule has 1 heterocycles. The van der Waals surface area contributed by atoms with Crippen LogP contribution in [0, 0.1) is 5.41 Å². The Hall–Kier alpha value is -1.32. The molecular formula is C11H18N2O2. The van der Waals surface area contributed by atoms with E-state index >= 15 is 0 Å². The van der Waals surface area contributed by atoms with Crippen LogP contribution in [0.1, 0.15) is 27.2 Å². The average molecular weight is 210 g/mol. The summed E-state index contributed by atoms with van der Waals surface area (Å²) in [6, 6.07) is -0.251. The molecule has 3 amide bonds. The van der Waals surface area contributed by atoms with Crippen LogP contribution in [0.15, 0.2) is 12.8 Å². The van der Waals surface area contributed by atoms with Crippen LogP contribution in [0.2, 0.25) is 0 Å². The average Bonchev–Trinajstić information content (AvgIpc) is 2.37. The van der Waals surface area contributed by atoms with E-state index in [1.165, 1.54) is 16.0 Å². The lowest BCUT2D eigenvalue weighted by atomic mass is 9.92. The monoisotopic (exact) mass is 210 g/mol. The molecule has 1 saturated heterocycles. The highest BCUT2D eigenvalue weighted by molar-refractivity contribution is 6.02. The number of carbonyl (C=O) groups excluding carboxylic acids is 2. The highest BCUT2D eigenvalue weighted by Crippen LogP contribution is 2.20. The van der Waals surface area contributed by atoms with Crippen LogP contribution in [-0.4, -0.2) is 34.8 Å². The summed E-state index contributed by atoms with van der Waals surface area (Å²) in [4.78, 5) is 25.7. The van der Waals surface area contributed by atoms with E-state index in [2.05, 4.69) is 27.4 Å². The first-order valence-corrected chi connectivity index (χ1v) is 5.09. The molecule has 1 fully saturated rings. The van der Waals surface area contributed by atoms with E-state index in [4.69, 9.17) is 0 Å². The van der Waals surface area contributed by atoms with E-state index < -0.39 is 0 Å². The molecule has 1 aliphatic rings. The Morgan fingerprint density at radius 3 is 2.40 bits per heavy atom. The second-order valence-corrected chi connectivity index (χ2v) is 4.95. The number of imide groups is 1. The molecule has 0 unspecified atom stereocenters. The van der Waals surface area contributed by atoms with E-state index in [9.17, 15) is 9.59 Å². The zero-order valence-corrected chi connectivity index (χ0v) is 9.62. The maximum Gasteiger partial charge on any atom is 0.331 e. The maximum atomic E-state index is 11.6. The minimum absolute atomic E-state index is 0.127. The molecule has 0 N–H and O–H groups in total. The fourth-order valence-electron chi connectivity index (χ4n) is 1.37. The summed E-state index contributed by atoms with van der Waals surface area (Å²) in [5.74, 6) is -0.135. The summed E-state index contributed by atoms with van der Waals surface area (Å²) >= 11 is 0. The van der Waals surface area contributed by atoms with Gasteiger partial charge in [-0.2, -0.15) is 0 Å². The first-order chi connectivity index (χ1) is 6.85. The third-order valence-corrected chi connectivity index (χ3v) is 2.39. The first-order valence-electron chi connectivity index (χ1n) is 5.09. The number of hydrogen-bond donors (Lipinski definition) is 0. The Bertz CT molecular complexity index is 291. The topological polar surface area (TPSA) is 40.6 Å². The van der Waals surface area contributed by atoms with Crippen molar-refractivity contribution in [3.8, 4) is 0 Å². The van der Waals surface area contributed by atoms with E-state index in [0.717, 1.165) is 6.42 Å². The van der Waals surface area contributed by atoms with Gasteiger partial charge >= 0.3 is 6.03 Å². The second-order valence-electron chi connectivity index (χ2n) is 4.95. The van der Waals surface area contributed by atoms with Crippen LogP contribution >= 0.6 is 0 Å². The molecular weight excluding hydrogens is 192 g/mol. The van der Waals surface area contributed by atoms with Gasteiger partial charge in [-0.25, -0.2) is 4.79 Å². The number of hydrogen-bond acceptors (Lipinski definition) is 2. The number of nitrogens with zero attached hydrogens (tertiary/aromatic N) is 2. The predicted octanol–water partition coefficient (Wildman–Crippen LogP) is 1.83. The van der Waals surface area contributed by atoms with Gasteiger partial charge in [-0.3, -0.25) is 14.6 Å². The van der Waals surface area contributed by atoms with Crippen LogP contribution in [0.5, 0.6) is 0 Å². The van der Waals surface area contributed by atoms with Gasteiger partial charge in [-0.15, -0.1) is 0 Å². The SMILES string of the molecule is C=CN1CC(=O)N(CCC(C)(C)C)C1=O. The largest absolute Gasteiger partial charge is 0.331 e. The van der Waals surface area contributed by atoms with Crippen molar-refractivity contribution >= 4 is 11.9 Å². The minimum Gasteiger partial charge on any atom is -0.292 e. The van der Waals surface area contributed by atoms with Gasteiger partial charge in [-0.05, 0) is 11.8 Å². The van der Waals surface area contributed by atoms with Crippen molar-refractivity contribution in [2.45, 2.75) is 27.2 Å². The zero-order chi connectivity index (χ0) is 11.6. The second kappa shape index (κ2) is 4.04. The zero-order valence-electron chi connectivity index (χ0n) is 9.62. The van der Waals surface area contributed by atoms with Gasteiger partial charge in [0.1, 0.15) is 6.54 Å². The quantitative estimate of drug-likeness (QED) is 0.667. The number of urea groups is 1. The molecule has 84 valence electrons. The molecule has 1 rings (SSSR count). The van der Waals surface area contributed by atoms with Crippen LogP contribution in [0.3, 0.4) is 0 Å². The molecule has 4 nitrogen and oxygen atoms in total. The van der Waals surface area contributed by atoms with Crippen molar-refractivity contribution in [1.29, 1.82) is 0 Å². The van der Waals surface area contributed by atoms with Crippen molar-refractivity contribution in [3.63, 3.8) is 0 Å². The number of amides is 3. The third kappa shape index (κ3) is 2.81. The van der Waals surface area contributed by atoms with Gasteiger partial charge in [0, 0.05) is 12.7 Å². The van der Waals surface area contributed by atoms with Crippen LogP contribution in [0.4, 0.5) is 4.79 Å². The standard InChI is InChI=1S/C11H18N2O2/c1-5-12-8-9(14)13(10(12)15)7-6-11(2,3)4/h5H,1,6-8H2,2-4H3. The Morgan fingerprint density at radius 1 is 1.40 bits per heavy atom. The van der Waals surface area contributed by atoms with E-state index in [1.54, 1.807) is 0 Å². The van der Waals surface area contributed by atoms with Gasteiger partial charge in [-0.1, -0.05) is 27.4 Å². The fraction of sp³-hybridized carbons (Fsp3) is 0.636. The Kier molecular flexibility index (Phi) is 3.17. The molecule has 0 atom stereocenters. The lowest BCUT2D eigenvalue weighted by Crippen LogP contribution is -2.33. The summed E-state index contributed by atoms with van der Waals surface area (Å²) in [6.07, 6.45) is 2.22. The molecule has 0 saturated carbocycles. The summed E-state index contributed by atoms with van der Waals surface area (Å²) in [5.41, 5.74) is 0.127. The Labute approximate surface area is 90.5 Å². The Balaban J connectivity index is 2.59. The van der Waals surface area contributed by atoms with E-state index in [-0.39, 0.29) is 23.9 Å². The van der Waals surface area contributed by atoms with E-state index in [0.29, 0.717) is 6.54 Å². The maximum absolute atomic E-state index is 11.6. The molecule has 4 heteroatoms. The summed E-state index contributed by atoms with van der Waals surface area (Å²) in [7, 11) is 0. The summed E-state index contributed by atoms with van der Waals surface area (Å²) in [6.45, 7) is 10.4. The number of rotatable bonds is 3. The lowest BCUT2D eigenvalue weighted by molar-refractivity contribution is -0.125. The van der Waals surface area contributed by atoms with Crippen LogP contribution in [-0.2, 0) is 4.79 Å². The molecule has 0 bridgehead atoms. The van der Waals surface area contributed by atoms with Crippen molar-refractivity contribution in [1.82, 2.24) is 9.80 Å². The summed E-state index contributed by atoms with van der Waals surface area (Å²) in [5, 5.41) is 0. The minimum atomic E-state index is -0.251. The molecule has 0 aliphatic carbocycles. The normalized spacial score (nSPS) is 17.5. The molecule has 0 aromatic rings. The highest BCUT2D eigenvalue weighted by atomic mass is 16.2. The fourth-order valence-corrected chi connectivity index (χ4v) is 1.37. The molecule has 15 heavy (non-hydrogen) atoms. The molecule has 0 radical (unpaired) electrons. The van der Waals surface area contributed by atoms with Crippen molar-refractivity contribution < 1.29 is 9.59 Å². The smallest absolute Gasteiger partial charge is 0.292 e. The van der Waals surface area contributed by atoms with Crippen LogP contribution in [0.25, 0.3) is 0 Å². The highest BCUT2D eigenvalue weighted by Gasteiger charge is 2.34. The van der Waals surface area contributed by atoms with Crippen molar-refractivity contribution in [3.05, 3.63) is 12.8 Å². The third-order valence-electron chi connectivity index (χ3n) is 2.39. The van der Waals surface area contributed by atoms with Gasteiger partial charge in [0.25, 0.3) is 5.91 Å². The van der Waals surface area contributed by atoms with Gasteiger partial charge in [0.05, 0.1) is 0 Å². The van der Waals surface area contributed by atoms with Crippen molar-refractivity contribution in [2.75, 3.05) is 13.1 Å². The van der Waals surface area contributed by atoms with Gasteiger partial charge in [0.15, 0.2) is 0 Å². The molecule has 0 aromatic heterocycles.